The number of ether oxygens (including phenoxy) is 2. The van der Waals surface area contributed by atoms with E-state index in [1.54, 1.807) is 25.3 Å². The third-order valence-corrected chi connectivity index (χ3v) is 5.66. The Morgan fingerprint density at radius 1 is 1.07 bits per heavy atom. The number of aryl methyl sites for hydroxylation is 2. The fraction of sp³-hybridized carbons (Fsp3) is 0.381. The van der Waals surface area contributed by atoms with E-state index < -0.39 is 10.0 Å². The third kappa shape index (κ3) is 6.12. The molecule has 2 aromatic rings. The molecule has 0 saturated heterocycles. The van der Waals surface area contributed by atoms with Gasteiger partial charge in [-0.15, -0.1) is 0 Å². The van der Waals surface area contributed by atoms with Crippen LogP contribution in [-0.2, 0) is 14.8 Å². The summed E-state index contributed by atoms with van der Waals surface area (Å²) in [6.45, 7) is 4.00. The molecule has 8 heteroatoms. The van der Waals surface area contributed by atoms with E-state index in [0.29, 0.717) is 29.3 Å². The summed E-state index contributed by atoms with van der Waals surface area (Å²) < 4.78 is 36.4. The summed E-state index contributed by atoms with van der Waals surface area (Å²) in [5.41, 5.74) is 2.99. The van der Waals surface area contributed by atoms with E-state index in [4.69, 9.17) is 9.47 Å². The number of amides is 1. The lowest BCUT2D eigenvalue weighted by atomic mass is 10.1. The highest BCUT2D eigenvalue weighted by Gasteiger charge is 2.20. The first-order chi connectivity index (χ1) is 13.7. The van der Waals surface area contributed by atoms with E-state index in [1.807, 2.05) is 32.0 Å². The molecule has 0 radical (unpaired) electrons. The minimum atomic E-state index is -3.47. The SMILES string of the molecule is COc1ccc(OC)c(NC(=O)CCCN(c2cc(C)ccc2C)S(C)(=O)=O)c1. The van der Waals surface area contributed by atoms with Crippen molar-refractivity contribution in [1.29, 1.82) is 0 Å². The highest BCUT2D eigenvalue weighted by Crippen LogP contribution is 2.29. The van der Waals surface area contributed by atoms with Crippen LogP contribution in [0.1, 0.15) is 24.0 Å². The minimum absolute atomic E-state index is 0.164. The first-order valence-electron chi connectivity index (χ1n) is 9.22. The second kappa shape index (κ2) is 9.65. The maximum Gasteiger partial charge on any atom is 0.232 e. The number of carbonyl (C=O) groups excluding carboxylic acids is 1. The van der Waals surface area contributed by atoms with Gasteiger partial charge in [-0.1, -0.05) is 12.1 Å². The van der Waals surface area contributed by atoms with Crippen molar-refractivity contribution in [2.45, 2.75) is 26.7 Å². The van der Waals surface area contributed by atoms with Crippen LogP contribution in [0, 0.1) is 13.8 Å². The highest BCUT2D eigenvalue weighted by atomic mass is 32.2. The molecular formula is C21H28N2O5S. The van der Waals surface area contributed by atoms with Crippen LogP contribution in [0.5, 0.6) is 11.5 Å². The summed E-state index contributed by atoms with van der Waals surface area (Å²) in [5, 5.41) is 2.80. The predicted molar refractivity (Wildman–Crippen MR) is 116 cm³/mol. The normalized spacial score (nSPS) is 11.1. The van der Waals surface area contributed by atoms with E-state index in [2.05, 4.69) is 5.32 Å². The number of hydrogen-bond donors (Lipinski definition) is 1. The largest absolute Gasteiger partial charge is 0.497 e. The monoisotopic (exact) mass is 420 g/mol. The van der Waals surface area contributed by atoms with Crippen LogP contribution in [0.25, 0.3) is 0 Å². The maximum absolute atomic E-state index is 12.4. The van der Waals surface area contributed by atoms with Crippen molar-refractivity contribution in [1.82, 2.24) is 0 Å². The first kappa shape index (κ1) is 22.5. The minimum Gasteiger partial charge on any atom is -0.497 e. The average Bonchev–Trinajstić information content (AvgIpc) is 2.66. The van der Waals surface area contributed by atoms with E-state index in [9.17, 15) is 13.2 Å². The van der Waals surface area contributed by atoms with Gasteiger partial charge in [0.2, 0.25) is 15.9 Å². The van der Waals surface area contributed by atoms with Gasteiger partial charge in [0.25, 0.3) is 0 Å². The standard InChI is InChI=1S/C21H28N2O5S/c1-15-8-9-16(2)19(13-15)23(29(5,25)26)12-6-7-21(24)22-18-14-17(27-3)10-11-20(18)28-4/h8-11,13-14H,6-7,12H2,1-5H3,(H,22,24). The molecule has 2 aromatic carbocycles. The molecule has 0 aliphatic heterocycles. The fourth-order valence-electron chi connectivity index (χ4n) is 2.96. The number of benzene rings is 2. The molecule has 0 bridgehead atoms. The van der Waals surface area contributed by atoms with Crippen LogP contribution in [0.2, 0.25) is 0 Å². The molecule has 1 amide bonds. The van der Waals surface area contributed by atoms with E-state index in [0.717, 1.165) is 11.1 Å². The van der Waals surface area contributed by atoms with Crippen LogP contribution in [0.15, 0.2) is 36.4 Å². The predicted octanol–water partition coefficient (Wildman–Crippen LogP) is 3.51. The number of nitrogens with zero attached hydrogens (tertiary/aromatic N) is 1. The Morgan fingerprint density at radius 3 is 2.41 bits per heavy atom. The molecule has 7 nitrogen and oxygen atoms in total. The Kier molecular flexibility index (Phi) is 7.50. The summed E-state index contributed by atoms with van der Waals surface area (Å²) in [6.07, 6.45) is 1.71. The van der Waals surface area contributed by atoms with Crippen molar-refractivity contribution in [3.63, 3.8) is 0 Å². The van der Waals surface area contributed by atoms with Gasteiger partial charge in [-0.05, 0) is 49.6 Å². The van der Waals surface area contributed by atoms with Crippen LogP contribution in [0.3, 0.4) is 0 Å². The molecule has 0 aliphatic rings. The van der Waals surface area contributed by atoms with Crippen LogP contribution < -0.4 is 19.1 Å². The molecule has 0 saturated carbocycles. The fourth-order valence-corrected chi connectivity index (χ4v) is 3.98. The van der Waals surface area contributed by atoms with Gasteiger partial charge in [0, 0.05) is 19.0 Å². The van der Waals surface area contributed by atoms with Crippen molar-refractivity contribution >= 4 is 27.3 Å². The molecule has 0 fully saturated rings. The zero-order valence-electron chi connectivity index (χ0n) is 17.5. The quantitative estimate of drug-likeness (QED) is 0.671. The Morgan fingerprint density at radius 2 is 1.79 bits per heavy atom. The number of rotatable bonds is 9. The Balaban J connectivity index is 2.07. The molecule has 2 rings (SSSR count). The third-order valence-electron chi connectivity index (χ3n) is 4.48. The molecule has 29 heavy (non-hydrogen) atoms. The summed E-state index contributed by atoms with van der Waals surface area (Å²) in [4.78, 5) is 12.4. The van der Waals surface area contributed by atoms with Gasteiger partial charge in [0.1, 0.15) is 11.5 Å². The average molecular weight is 421 g/mol. The Bertz CT molecular complexity index is 973. The van der Waals surface area contributed by atoms with Gasteiger partial charge in [0.05, 0.1) is 31.9 Å². The van der Waals surface area contributed by atoms with E-state index >= 15 is 0 Å². The molecule has 0 aliphatic carbocycles. The van der Waals surface area contributed by atoms with Gasteiger partial charge in [-0.3, -0.25) is 9.10 Å². The zero-order valence-corrected chi connectivity index (χ0v) is 18.3. The summed E-state index contributed by atoms with van der Waals surface area (Å²) in [6, 6.07) is 10.8. The van der Waals surface area contributed by atoms with Crippen LogP contribution in [-0.4, -0.2) is 41.3 Å². The lowest BCUT2D eigenvalue weighted by molar-refractivity contribution is -0.116. The second-order valence-corrected chi connectivity index (χ2v) is 8.75. The van der Waals surface area contributed by atoms with Crippen LogP contribution >= 0.6 is 0 Å². The zero-order chi connectivity index (χ0) is 21.6. The van der Waals surface area contributed by atoms with Crippen molar-refractivity contribution < 1.29 is 22.7 Å². The van der Waals surface area contributed by atoms with Crippen molar-refractivity contribution in [2.24, 2.45) is 0 Å². The summed E-state index contributed by atoms with van der Waals surface area (Å²) in [7, 11) is -0.407. The molecule has 0 atom stereocenters. The van der Waals surface area contributed by atoms with Gasteiger partial charge in [-0.25, -0.2) is 8.42 Å². The Hall–Kier alpha value is -2.74. The maximum atomic E-state index is 12.4. The number of hydrogen-bond acceptors (Lipinski definition) is 5. The second-order valence-electron chi connectivity index (χ2n) is 6.84. The topological polar surface area (TPSA) is 84.9 Å². The highest BCUT2D eigenvalue weighted by molar-refractivity contribution is 7.92. The lowest BCUT2D eigenvalue weighted by Crippen LogP contribution is -2.32. The number of sulfonamides is 1. The van der Waals surface area contributed by atoms with Crippen molar-refractivity contribution in [3.05, 3.63) is 47.5 Å². The molecule has 0 spiro atoms. The van der Waals surface area contributed by atoms with Crippen molar-refractivity contribution in [2.75, 3.05) is 36.6 Å². The molecule has 1 N–H and O–H groups in total. The number of carbonyl (C=O) groups is 1. The first-order valence-corrected chi connectivity index (χ1v) is 11.1. The number of nitrogens with one attached hydrogen (secondary N) is 1. The lowest BCUT2D eigenvalue weighted by Gasteiger charge is -2.24. The van der Waals surface area contributed by atoms with E-state index in [1.165, 1.54) is 17.7 Å². The van der Waals surface area contributed by atoms with Gasteiger partial charge in [-0.2, -0.15) is 0 Å². The number of anilines is 2. The molecule has 158 valence electrons. The van der Waals surface area contributed by atoms with Crippen molar-refractivity contribution in [3.8, 4) is 11.5 Å². The van der Waals surface area contributed by atoms with Gasteiger partial charge >= 0.3 is 0 Å². The van der Waals surface area contributed by atoms with Gasteiger partial charge < -0.3 is 14.8 Å². The molecule has 0 heterocycles. The van der Waals surface area contributed by atoms with Gasteiger partial charge in [0.15, 0.2) is 0 Å². The Labute approximate surface area is 172 Å². The smallest absolute Gasteiger partial charge is 0.232 e. The van der Waals surface area contributed by atoms with E-state index in [-0.39, 0.29) is 18.9 Å². The molecule has 0 aromatic heterocycles. The molecular weight excluding hydrogens is 392 g/mol. The van der Waals surface area contributed by atoms with Crippen LogP contribution in [0.4, 0.5) is 11.4 Å². The summed E-state index contributed by atoms with van der Waals surface area (Å²) >= 11 is 0. The summed E-state index contributed by atoms with van der Waals surface area (Å²) in [5.74, 6) is 0.887. The molecule has 0 unspecified atom stereocenters. The number of methoxy groups -OCH3 is 2.